The van der Waals surface area contributed by atoms with E-state index in [1.807, 2.05) is 27.7 Å². The molecular weight excluding hydrogens is 340 g/mol. The van der Waals surface area contributed by atoms with Crippen LogP contribution in [0.1, 0.15) is 61.1 Å². The number of ether oxygens (including phenoxy) is 4. The van der Waals surface area contributed by atoms with Gasteiger partial charge in [-0.05, 0) is 25.0 Å². The Morgan fingerprint density at radius 2 is 1.11 bits per heavy atom. The van der Waals surface area contributed by atoms with Crippen molar-refractivity contribution >= 4 is 0 Å². The topological polar surface area (TPSA) is 36.9 Å². The molecule has 4 nitrogen and oxygen atoms in total. The van der Waals surface area contributed by atoms with E-state index in [-0.39, 0.29) is 0 Å². The van der Waals surface area contributed by atoms with Gasteiger partial charge in [0, 0.05) is 45.2 Å². The van der Waals surface area contributed by atoms with Crippen molar-refractivity contribution in [2.45, 2.75) is 72.8 Å². The normalized spacial score (nSPS) is 19.5. The van der Waals surface area contributed by atoms with Crippen molar-refractivity contribution in [3.8, 4) is 11.5 Å². The van der Waals surface area contributed by atoms with Crippen molar-refractivity contribution in [3.05, 3.63) is 57.6 Å². The van der Waals surface area contributed by atoms with Gasteiger partial charge in [-0.2, -0.15) is 0 Å². The van der Waals surface area contributed by atoms with Crippen LogP contribution in [0.5, 0.6) is 11.5 Å². The van der Waals surface area contributed by atoms with Crippen molar-refractivity contribution in [3.63, 3.8) is 0 Å². The highest BCUT2D eigenvalue weighted by atomic mass is 16.7. The standard InChI is InChI=1S/C23H28O4/c1-14-7-16(20-18(9-14)12-24-22(3,4)26-20)11-17-8-15(2)10-19-13-25-23(5,6)27-21(17)19/h7-10H,11-13H2,1-6H3. The maximum Gasteiger partial charge on any atom is 0.205 e. The largest absolute Gasteiger partial charge is 0.462 e. The molecule has 0 amide bonds. The van der Waals surface area contributed by atoms with Gasteiger partial charge < -0.3 is 18.9 Å². The molecule has 0 unspecified atom stereocenters. The van der Waals surface area contributed by atoms with Crippen LogP contribution in [0, 0.1) is 13.8 Å². The quantitative estimate of drug-likeness (QED) is 0.731. The third-order valence-electron chi connectivity index (χ3n) is 5.00. The fourth-order valence-corrected chi connectivity index (χ4v) is 3.86. The van der Waals surface area contributed by atoms with Gasteiger partial charge in [0.1, 0.15) is 11.5 Å². The van der Waals surface area contributed by atoms with Crippen molar-refractivity contribution in [2.75, 3.05) is 0 Å². The first kappa shape index (κ1) is 18.3. The van der Waals surface area contributed by atoms with Gasteiger partial charge in [-0.3, -0.25) is 0 Å². The van der Waals surface area contributed by atoms with Gasteiger partial charge >= 0.3 is 0 Å². The van der Waals surface area contributed by atoms with Gasteiger partial charge in [0.25, 0.3) is 0 Å². The fraction of sp³-hybridized carbons (Fsp3) is 0.478. The van der Waals surface area contributed by atoms with Gasteiger partial charge in [0.05, 0.1) is 13.2 Å². The molecule has 2 aromatic rings. The lowest BCUT2D eigenvalue weighted by molar-refractivity contribution is -0.180. The van der Waals surface area contributed by atoms with Crippen LogP contribution in [0.2, 0.25) is 0 Å². The van der Waals surface area contributed by atoms with Crippen LogP contribution >= 0.6 is 0 Å². The third-order valence-corrected chi connectivity index (χ3v) is 5.00. The summed E-state index contributed by atoms with van der Waals surface area (Å²) < 4.78 is 24.1. The Balaban J connectivity index is 1.78. The molecule has 27 heavy (non-hydrogen) atoms. The predicted octanol–water partition coefficient (Wildman–Crippen LogP) is 5.18. The van der Waals surface area contributed by atoms with Crippen molar-refractivity contribution < 1.29 is 18.9 Å². The minimum Gasteiger partial charge on any atom is -0.462 e. The van der Waals surface area contributed by atoms with Crippen LogP contribution in [0.15, 0.2) is 24.3 Å². The van der Waals surface area contributed by atoms with Crippen LogP contribution < -0.4 is 9.47 Å². The lowest BCUT2D eigenvalue weighted by Gasteiger charge is -2.35. The van der Waals surface area contributed by atoms with E-state index in [9.17, 15) is 0 Å². The zero-order chi connectivity index (χ0) is 19.4. The summed E-state index contributed by atoms with van der Waals surface area (Å²) in [5.74, 6) is 0.655. The molecule has 4 heteroatoms. The molecule has 0 radical (unpaired) electrons. The maximum atomic E-state index is 6.21. The first-order valence-electron chi connectivity index (χ1n) is 9.53. The monoisotopic (exact) mass is 368 g/mol. The summed E-state index contributed by atoms with van der Waals surface area (Å²) in [4.78, 5) is 0. The Morgan fingerprint density at radius 3 is 1.52 bits per heavy atom. The highest BCUT2D eigenvalue weighted by Crippen LogP contribution is 2.40. The van der Waals surface area contributed by atoms with Crippen molar-refractivity contribution in [2.24, 2.45) is 0 Å². The number of rotatable bonds is 2. The smallest absolute Gasteiger partial charge is 0.205 e. The Hall–Kier alpha value is -2.04. The molecule has 0 fully saturated rings. The van der Waals surface area contributed by atoms with Crippen LogP contribution in [-0.2, 0) is 29.1 Å². The molecule has 0 saturated carbocycles. The van der Waals surface area contributed by atoms with E-state index >= 15 is 0 Å². The summed E-state index contributed by atoms with van der Waals surface area (Å²) in [6, 6.07) is 8.71. The molecule has 144 valence electrons. The molecule has 4 rings (SSSR count). The molecule has 0 bridgehead atoms. The summed E-state index contributed by atoms with van der Waals surface area (Å²) in [6.07, 6.45) is 0.750. The van der Waals surface area contributed by atoms with E-state index < -0.39 is 11.6 Å². The molecular formula is C23H28O4. The zero-order valence-electron chi connectivity index (χ0n) is 17.1. The summed E-state index contributed by atoms with van der Waals surface area (Å²) >= 11 is 0. The Kier molecular flexibility index (Phi) is 4.24. The van der Waals surface area contributed by atoms with Gasteiger partial charge in [-0.1, -0.05) is 35.4 Å². The average molecular weight is 368 g/mol. The van der Waals surface area contributed by atoms with E-state index in [1.165, 1.54) is 22.3 Å². The van der Waals surface area contributed by atoms with Gasteiger partial charge in [0.15, 0.2) is 0 Å². The lowest BCUT2D eigenvalue weighted by atomic mass is 9.94. The molecule has 2 heterocycles. The number of hydrogen-bond acceptors (Lipinski definition) is 4. The van der Waals surface area contributed by atoms with Crippen LogP contribution in [0.25, 0.3) is 0 Å². The number of hydrogen-bond donors (Lipinski definition) is 0. The molecule has 2 aliphatic heterocycles. The summed E-state index contributed by atoms with van der Waals surface area (Å²) in [5.41, 5.74) is 6.97. The first-order valence-corrected chi connectivity index (χ1v) is 9.53. The van der Waals surface area contributed by atoms with Gasteiger partial charge in [-0.15, -0.1) is 0 Å². The molecule has 0 atom stereocenters. The third kappa shape index (κ3) is 3.69. The first-order chi connectivity index (χ1) is 12.6. The Labute approximate surface area is 161 Å². The second kappa shape index (κ2) is 6.25. The SMILES string of the molecule is Cc1cc2c(c(Cc3cc(C)cc4c3OC(C)(C)OC4)c1)OC(C)(C)OC2. The molecule has 2 aliphatic rings. The number of fused-ring (bicyclic) bond motifs is 2. The highest BCUT2D eigenvalue weighted by molar-refractivity contribution is 5.52. The van der Waals surface area contributed by atoms with E-state index in [4.69, 9.17) is 18.9 Å². The minimum atomic E-state index is -0.616. The Morgan fingerprint density at radius 1 is 0.704 bits per heavy atom. The predicted molar refractivity (Wildman–Crippen MR) is 104 cm³/mol. The van der Waals surface area contributed by atoms with E-state index in [2.05, 4.69) is 38.1 Å². The molecule has 0 saturated heterocycles. The molecule has 0 aromatic heterocycles. The minimum absolute atomic E-state index is 0.570. The summed E-state index contributed by atoms with van der Waals surface area (Å²) in [5, 5.41) is 0. The average Bonchev–Trinajstić information content (AvgIpc) is 2.55. The van der Waals surface area contributed by atoms with E-state index in [1.54, 1.807) is 0 Å². The van der Waals surface area contributed by atoms with Crippen LogP contribution in [0.3, 0.4) is 0 Å². The van der Waals surface area contributed by atoms with E-state index in [0.29, 0.717) is 13.2 Å². The molecule has 0 N–H and O–H groups in total. The molecule has 0 aliphatic carbocycles. The zero-order valence-corrected chi connectivity index (χ0v) is 17.1. The molecule has 2 aromatic carbocycles. The summed E-state index contributed by atoms with van der Waals surface area (Å²) in [7, 11) is 0. The summed E-state index contributed by atoms with van der Waals surface area (Å²) in [6.45, 7) is 13.2. The lowest BCUT2D eigenvalue weighted by Crippen LogP contribution is -2.36. The molecule has 0 spiro atoms. The van der Waals surface area contributed by atoms with Crippen molar-refractivity contribution in [1.29, 1.82) is 0 Å². The number of aryl methyl sites for hydroxylation is 2. The highest BCUT2D eigenvalue weighted by Gasteiger charge is 2.32. The fourth-order valence-electron chi connectivity index (χ4n) is 3.86. The van der Waals surface area contributed by atoms with Gasteiger partial charge in [-0.25, -0.2) is 0 Å². The van der Waals surface area contributed by atoms with Crippen LogP contribution in [-0.4, -0.2) is 11.6 Å². The van der Waals surface area contributed by atoms with Crippen LogP contribution in [0.4, 0.5) is 0 Å². The Bertz CT molecular complexity index is 822. The second-order valence-electron chi connectivity index (χ2n) is 8.58. The number of benzene rings is 2. The maximum absolute atomic E-state index is 6.21. The van der Waals surface area contributed by atoms with Crippen molar-refractivity contribution in [1.82, 2.24) is 0 Å². The van der Waals surface area contributed by atoms with E-state index in [0.717, 1.165) is 29.0 Å². The van der Waals surface area contributed by atoms with Gasteiger partial charge in [0.2, 0.25) is 11.6 Å². The second-order valence-corrected chi connectivity index (χ2v) is 8.58.